The van der Waals surface area contributed by atoms with Gasteiger partial charge in [-0.1, -0.05) is 33.2 Å². The van der Waals surface area contributed by atoms with Gasteiger partial charge in [-0.15, -0.1) is 0 Å². The summed E-state index contributed by atoms with van der Waals surface area (Å²) < 4.78 is 45.8. The largest absolute Gasteiger partial charge is 0.470 e. The number of hydrogen-bond donors (Lipinski definition) is 0. The molecule has 0 fully saturated rings. The third kappa shape index (κ3) is 3.68. The molecule has 0 saturated heterocycles. The normalized spacial score (nSPS) is 21.6. The number of benzene rings is 1. The van der Waals surface area contributed by atoms with Gasteiger partial charge in [0.05, 0.1) is 17.5 Å². The Bertz CT molecular complexity index is 635. The van der Waals surface area contributed by atoms with Crippen LogP contribution >= 0.6 is 15.9 Å². The highest BCUT2D eigenvalue weighted by molar-refractivity contribution is 9.10. The first-order valence-electron chi connectivity index (χ1n) is 6.76. The zero-order chi connectivity index (χ0) is 17.5. The molecule has 1 heterocycles. The number of ether oxygens (including phenoxy) is 1. The van der Waals surface area contributed by atoms with Crippen LogP contribution in [0.25, 0.3) is 0 Å². The quantitative estimate of drug-likeness (QED) is 0.698. The maximum absolute atomic E-state index is 13.4. The molecule has 8 heteroatoms. The number of alkyl halides is 3. The van der Waals surface area contributed by atoms with Crippen molar-refractivity contribution in [1.29, 1.82) is 0 Å². The van der Waals surface area contributed by atoms with Gasteiger partial charge in [-0.05, 0) is 38.5 Å². The number of nitrogens with zero attached hydrogens (tertiary/aromatic N) is 1. The Hall–Kier alpha value is -1.57. The van der Waals surface area contributed by atoms with Gasteiger partial charge in [0.25, 0.3) is 0 Å². The molecule has 2 rings (SSSR count). The second kappa shape index (κ2) is 5.81. The van der Waals surface area contributed by atoms with Gasteiger partial charge in [-0.2, -0.15) is 13.2 Å². The van der Waals surface area contributed by atoms with Crippen LogP contribution in [-0.2, 0) is 14.4 Å². The lowest BCUT2D eigenvalue weighted by Gasteiger charge is -2.31. The first kappa shape index (κ1) is 17.8. The predicted molar refractivity (Wildman–Crippen MR) is 80.7 cm³/mol. The molecule has 0 radical (unpaired) electrons. The molecule has 0 saturated carbocycles. The van der Waals surface area contributed by atoms with E-state index >= 15 is 0 Å². The number of oxime groups is 1. The monoisotopic (exact) mass is 393 g/mol. The van der Waals surface area contributed by atoms with Crippen molar-refractivity contribution in [2.75, 3.05) is 0 Å². The van der Waals surface area contributed by atoms with Crippen molar-refractivity contribution in [3.8, 4) is 0 Å². The summed E-state index contributed by atoms with van der Waals surface area (Å²) in [5.74, 6) is -4.10. The van der Waals surface area contributed by atoms with Gasteiger partial charge in [0.1, 0.15) is 0 Å². The molecule has 0 aromatic heterocycles. The molecule has 1 aromatic carbocycles. The van der Waals surface area contributed by atoms with Crippen LogP contribution in [-0.4, -0.2) is 23.6 Å². The minimum Gasteiger partial charge on any atom is -0.411 e. The Morgan fingerprint density at radius 2 is 1.83 bits per heavy atom. The van der Waals surface area contributed by atoms with Crippen LogP contribution in [0.5, 0.6) is 0 Å². The highest BCUT2D eigenvalue weighted by atomic mass is 79.9. The summed E-state index contributed by atoms with van der Waals surface area (Å²) in [7, 11) is 0. The second-order valence-corrected chi connectivity index (χ2v) is 7.12. The van der Waals surface area contributed by atoms with E-state index in [-0.39, 0.29) is 5.71 Å². The van der Waals surface area contributed by atoms with Crippen LogP contribution in [0.4, 0.5) is 13.2 Å². The Balaban J connectivity index is 2.27. The smallest absolute Gasteiger partial charge is 0.411 e. The molecule has 126 valence electrons. The van der Waals surface area contributed by atoms with Crippen LogP contribution in [0.15, 0.2) is 33.9 Å². The highest BCUT2D eigenvalue weighted by Crippen LogP contribution is 2.43. The second-order valence-electron chi connectivity index (χ2n) is 6.20. The lowest BCUT2D eigenvalue weighted by Crippen LogP contribution is -2.50. The number of hydrogen-bond acceptors (Lipinski definition) is 4. The number of carbonyl (C=O) groups is 1. The third-order valence-corrected chi connectivity index (χ3v) is 3.71. The maximum atomic E-state index is 13.4. The van der Waals surface area contributed by atoms with Crippen molar-refractivity contribution in [2.24, 2.45) is 10.6 Å². The molecule has 0 N–H and O–H groups in total. The van der Waals surface area contributed by atoms with E-state index in [4.69, 9.17) is 4.74 Å². The first-order valence-corrected chi connectivity index (χ1v) is 7.55. The zero-order valence-corrected chi connectivity index (χ0v) is 14.3. The first-order chi connectivity index (χ1) is 10.4. The summed E-state index contributed by atoms with van der Waals surface area (Å²) in [6.45, 7) is 4.39. The predicted octanol–water partition coefficient (Wildman–Crippen LogP) is 4.42. The number of rotatable bonds is 2. The van der Waals surface area contributed by atoms with Crippen molar-refractivity contribution in [3.63, 3.8) is 0 Å². The van der Waals surface area contributed by atoms with E-state index in [2.05, 4.69) is 25.9 Å². The molecule has 23 heavy (non-hydrogen) atoms. The van der Waals surface area contributed by atoms with E-state index in [0.717, 1.165) is 4.47 Å². The summed E-state index contributed by atoms with van der Waals surface area (Å²) >= 11 is 3.24. The fraction of sp³-hybridized carbons (Fsp3) is 0.467. The minimum absolute atomic E-state index is 0.0662. The third-order valence-electron chi connectivity index (χ3n) is 3.18. The van der Waals surface area contributed by atoms with Gasteiger partial charge < -0.3 is 9.57 Å². The molecule has 0 bridgehead atoms. The summed E-state index contributed by atoms with van der Waals surface area (Å²) in [6.07, 6.45) is -5.60. The van der Waals surface area contributed by atoms with E-state index in [9.17, 15) is 18.0 Å². The highest BCUT2D eigenvalue weighted by Gasteiger charge is 2.65. The molecule has 1 atom stereocenters. The van der Waals surface area contributed by atoms with Crippen LogP contribution in [0.3, 0.4) is 0 Å². The van der Waals surface area contributed by atoms with Crippen LogP contribution in [0, 0.1) is 5.41 Å². The van der Waals surface area contributed by atoms with E-state index in [1.807, 2.05) is 0 Å². The van der Waals surface area contributed by atoms with E-state index < -0.39 is 29.8 Å². The molecule has 1 aromatic rings. The average molecular weight is 394 g/mol. The molecule has 0 aliphatic carbocycles. The summed E-state index contributed by atoms with van der Waals surface area (Å²) in [5.41, 5.74) is -0.565. The standard InChI is InChI=1S/C15H15BrF3NO3/c1-13(2,3)12(21)22-14(15(17,18)19)8-11(20-23-14)9-4-6-10(16)7-5-9/h4-7H,8H2,1-3H3. The molecule has 0 spiro atoms. The summed E-state index contributed by atoms with van der Waals surface area (Å²) in [4.78, 5) is 16.5. The van der Waals surface area contributed by atoms with Gasteiger partial charge in [-0.25, -0.2) is 0 Å². The van der Waals surface area contributed by atoms with Gasteiger partial charge in [-0.3, -0.25) is 4.79 Å². The van der Waals surface area contributed by atoms with Crippen molar-refractivity contribution in [3.05, 3.63) is 34.3 Å². The van der Waals surface area contributed by atoms with Crippen molar-refractivity contribution < 1.29 is 27.5 Å². The van der Waals surface area contributed by atoms with E-state index in [1.165, 1.54) is 20.8 Å². The van der Waals surface area contributed by atoms with Gasteiger partial charge in [0.15, 0.2) is 0 Å². The molecular formula is C15H15BrF3NO3. The van der Waals surface area contributed by atoms with Crippen LogP contribution in [0.1, 0.15) is 32.8 Å². The Morgan fingerprint density at radius 3 is 2.30 bits per heavy atom. The molecule has 4 nitrogen and oxygen atoms in total. The summed E-state index contributed by atoms with van der Waals surface area (Å²) in [6, 6.07) is 6.55. The van der Waals surface area contributed by atoms with Gasteiger partial charge >= 0.3 is 17.9 Å². The Morgan fingerprint density at radius 1 is 1.26 bits per heavy atom. The van der Waals surface area contributed by atoms with Crippen molar-refractivity contribution in [2.45, 2.75) is 39.2 Å². The molecular weight excluding hydrogens is 379 g/mol. The fourth-order valence-electron chi connectivity index (χ4n) is 1.78. The maximum Gasteiger partial charge on any atom is 0.470 e. The summed E-state index contributed by atoms with van der Waals surface area (Å²) in [5, 5.41) is 3.49. The zero-order valence-electron chi connectivity index (χ0n) is 12.7. The van der Waals surface area contributed by atoms with E-state index in [1.54, 1.807) is 24.3 Å². The lowest BCUT2D eigenvalue weighted by molar-refractivity contribution is -0.360. The number of carbonyl (C=O) groups excluding carboxylic acids is 1. The van der Waals surface area contributed by atoms with Crippen molar-refractivity contribution in [1.82, 2.24) is 0 Å². The van der Waals surface area contributed by atoms with Gasteiger partial charge in [0.2, 0.25) is 0 Å². The lowest BCUT2D eigenvalue weighted by atomic mass is 9.96. The van der Waals surface area contributed by atoms with Gasteiger partial charge in [0, 0.05) is 4.47 Å². The van der Waals surface area contributed by atoms with Crippen LogP contribution < -0.4 is 0 Å². The fourth-order valence-corrected chi connectivity index (χ4v) is 2.04. The Labute approximate surface area is 139 Å². The SMILES string of the molecule is CC(C)(C)C(=O)OC1(C(F)(F)F)CC(c2ccc(Br)cc2)=NO1. The van der Waals surface area contributed by atoms with Crippen molar-refractivity contribution >= 4 is 27.6 Å². The molecule has 1 aliphatic rings. The molecule has 1 aliphatic heterocycles. The number of esters is 1. The number of halogens is 4. The van der Waals surface area contributed by atoms with Crippen LogP contribution in [0.2, 0.25) is 0 Å². The Kier molecular flexibility index (Phi) is 4.49. The topological polar surface area (TPSA) is 47.9 Å². The average Bonchev–Trinajstić information content (AvgIpc) is 2.83. The van der Waals surface area contributed by atoms with E-state index in [0.29, 0.717) is 5.56 Å². The molecule has 0 amide bonds. The molecule has 1 unspecified atom stereocenters. The minimum atomic E-state index is -4.91.